The molecule has 0 aliphatic rings. The number of carbonyl (C=O) groups excluding carboxylic acids is 1. The number of hydrogen-bond donors (Lipinski definition) is 0. The van der Waals surface area contributed by atoms with Crippen LogP contribution in [0.5, 0.6) is 5.75 Å². The third-order valence-corrected chi connectivity index (χ3v) is 4.68. The fourth-order valence-corrected chi connectivity index (χ4v) is 3.18. The summed E-state index contributed by atoms with van der Waals surface area (Å²) >= 11 is 11.3. The molecule has 0 saturated heterocycles. The Labute approximate surface area is 149 Å². The van der Waals surface area contributed by atoms with Gasteiger partial charge in [-0.15, -0.1) is 0 Å². The van der Waals surface area contributed by atoms with Crippen molar-refractivity contribution in [3.8, 4) is 5.75 Å². The average molecular weight is 412 g/mol. The molecule has 0 saturated carbocycles. The maximum Gasteiger partial charge on any atom is 0.417 e. The molecular formula is C14H6Cl2F3NO4S. The second kappa shape index (κ2) is 7.05. The summed E-state index contributed by atoms with van der Waals surface area (Å²) in [5.41, 5.74) is -1.23. The van der Waals surface area contributed by atoms with Crippen LogP contribution in [0.15, 0.2) is 46.3 Å². The van der Waals surface area contributed by atoms with E-state index in [9.17, 15) is 26.4 Å². The van der Waals surface area contributed by atoms with E-state index in [2.05, 4.69) is 4.99 Å². The molecule has 5 nitrogen and oxygen atoms in total. The number of alkyl halides is 3. The Kier molecular flexibility index (Phi) is 5.43. The van der Waals surface area contributed by atoms with Crippen molar-refractivity contribution in [3.05, 3.63) is 52.0 Å². The van der Waals surface area contributed by atoms with E-state index in [1.165, 1.54) is 12.1 Å². The van der Waals surface area contributed by atoms with Crippen LogP contribution in [-0.2, 0) is 21.1 Å². The highest BCUT2D eigenvalue weighted by Crippen LogP contribution is 2.37. The molecule has 0 fully saturated rings. The van der Waals surface area contributed by atoms with E-state index in [-0.39, 0.29) is 16.5 Å². The highest BCUT2D eigenvalue weighted by Gasteiger charge is 2.35. The standard InChI is InChI=1S/C14H6Cl2F3NO4S/c15-11-3-2-9(6-10(11)14(17,18)19)25(22,23)24-13-4-1-8(20-7-21)5-12(13)16/h1-6H. The average Bonchev–Trinajstić information content (AvgIpc) is 2.49. The lowest BCUT2D eigenvalue weighted by Gasteiger charge is -2.12. The van der Waals surface area contributed by atoms with E-state index >= 15 is 0 Å². The minimum atomic E-state index is -4.84. The molecule has 132 valence electrons. The summed E-state index contributed by atoms with van der Waals surface area (Å²) in [5.74, 6) is -0.352. The minimum Gasteiger partial charge on any atom is -0.377 e. The monoisotopic (exact) mass is 411 g/mol. The smallest absolute Gasteiger partial charge is 0.377 e. The first-order valence-corrected chi connectivity index (χ1v) is 8.39. The molecule has 0 atom stereocenters. The van der Waals surface area contributed by atoms with Crippen LogP contribution in [0.25, 0.3) is 0 Å². The Hall–Kier alpha value is -2.06. The molecule has 11 heteroatoms. The van der Waals surface area contributed by atoms with Gasteiger partial charge < -0.3 is 4.18 Å². The Morgan fingerprint density at radius 3 is 2.28 bits per heavy atom. The van der Waals surface area contributed by atoms with E-state index in [0.29, 0.717) is 6.07 Å². The fraction of sp³-hybridized carbons (Fsp3) is 0.0714. The van der Waals surface area contributed by atoms with Crippen LogP contribution in [0.2, 0.25) is 10.0 Å². The largest absolute Gasteiger partial charge is 0.417 e. The summed E-state index contributed by atoms with van der Waals surface area (Å²) in [4.78, 5) is 12.7. The summed E-state index contributed by atoms with van der Waals surface area (Å²) in [6.07, 6.45) is -3.57. The molecule has 0 aliphatic heterocycles. The first-order valence-electron chi connectivity index (χ1n) is 6.23. The molecule has 2 aromatic carbocycles. The number of halogens is 5. The van der Waals surface area contributed by atoms with Crippen LogP contribution in [0, 0.1) is 0 Å². The molecule has 2 rings (SSSR count). The van der Waals surface area contributed by atoms with Crippen molar-refractivity contribution in [2.45, 2.75) is 11.1 Å². The van der Waals surface area contributed by atoms with Crippen molar-refractivity contribution in [2.75, 3.05) is 0 Å². The van der Waals surface area contributed by atoms with E-state index in [0.717, 1.165) is 24.3 Å². The first-order chi connectivity index (χ1) is 11.5. The van der Waals surface area contributed by atoms with Gasteiger partial charge in [0.2, 0.25) is 6.08 Å². The van der Waals surface area contributed by atoms with Gasteiger partial charge in [0, 0.05) is 0 Å². The van der Waals surface area contributed by atoms with Gasteiger partial charge in [-0.2, -0.15) is 26.6 Å². The van der Waals surface area contributed by atoms with Crippen molar-refractivity contribution >= 4 is 45.1 Å². The van der Waals surface area contributed by atoms with Crippen molar-refractivity contribution in [2.24, 2.45) is 4.99 Å². The number of rotatable bonds is 4. The van der Waals surface area contributed by atoms with Gasteiger partial charge in [-0.3, -0.25) is 0 Å². The Morgan fingerprint density at radius 1 is 1.04 bits per heavy atom. The Morgan fingerprint density at radius 2 is 1.72 bits per heavy atom. The molecule has 0 amide bonds. The second-order valence-electron chi connectivity index (χ2n) is 4.49. The van der Waals surface area contributed by atoms with E-state index in [1.807, 2.05) is 0 Å². The van der Waals surface area contributed by atoms with Gasteiger partial charge in [-0.1, -0.05) is 23.2 Å². The number of nitrogens with zero attached hydrogens (tertiary/aromatic N) is 1. The Balaban J connectivity index is 2.42. The maximum absolute atomic E-state index is 12.8. The zero-order valence-corrected chi connectivity index (χ0v) is 14.2. The molecular weight excluding hydrogens is 406 g/mol. The predicted octanol–water partition coefficient (Wildman–Crippen LogP) is 4.75. The molecule has 25 heavy (non-hydrogen) atoms. The fourth-order valence-electron chi connectivity index (χ4n) is 1.72. The van der Waals surface area contributed by atoms with Gasteiger partial charge in [-0.25, -0.2) is 4.79 Å². The van der Waals surface area contributed by atoms with Gasteiger partial charge in [0.15, 0.2) is 5.75 Å². The van der Waals surface area contributed by atoms with Crippen LogP contribution in [-0.4, -0.2) is 14.5 Å². The predicted molar refractivity (Wildman–Crippen MR) is 83.5 cm³/mol. The summed E-state index contributed by atoms with van der Waals surface area (Å²) in [7, 11) is -4.61. The molecule has 0 radical (unpaired) electrons. The highest BCUT2D eigenvalue weighted by atomic mass is 35.5. The van der Waals surface area contributed by atoms with E-state index in [4.69, 9.17) is 27.4 Å². The highest BCUT2D eigenvalue weighted by molar-refractivity contribution is 7.87. The van der Waals surface area contributed by atoms with Gasteiger partial charge in [0.25, 0.3) is 0 Å². The SMILES string of the molecule is O=C=Nc1ccc(OS(=O)(=O)c2ccc(Cl)c(C(F)(F)F)c2)c(Cl)c1. The number of aliphatic imine (C=N–C) groups is 1. The molecule has 0 aromatic heterocycles. The number of isocyanates is 1. The zero-order chi connectivity index (χ0) is 18.8. The number of hydrogen-bond acceptors (Lipinski definition) is 5. The van der Waals surface area contributed by atoms with Crippen LogP contribution in [0.4, 0.5) is 18.9 Å². The third kappa shape index (κ3) is 4.52. The van der Waals surface area contributed by atoms with Crippen LogP contribution >= 0.6 is 23.2 Å². The second-order valence-corrected chi connectivity index (χ2v) is 6.86. The van der Waals surface area contributed by atoms with E-state index in [1.54, 1.807) is 0 Å². The summed E-state index contributed by atoms with van der Waals surface area (Å²) < 4.78 is 67.6. The van der Waals surface area contributed by atoms with Crippen LogP contribution in [0.3, 0.4) is 0 Å². The molecule has 0 heterocycles. The van der Waals surface area contributed by atoms with Crippen LogP contribution in [0.1, 0.15) is 5.56 Å². The Bertz CT molecular complexity index is 971. The topological polar surface area (TPSA) is 72.8 Å². The maximum atomic E-state index is 12.8. The molecule has 0 N–H and O–H groups in total. The molecule has 0 aliphatic carbocycles. The summed E-state index contributed by atoms with van der Waals surface area (Å²) in [6.45, 7) is 0. The van der Waals surface area contributed by atoms with Gasteiger partial charge >= 0.3 is 16.3 Å². The van der Waals surface area contributed by atoms with Gasteiger partial charge in [0.1, 0.15) is 4.90 Å². The summed E-state index contributed by atoms with van der Waals surface area (Å²) in [5, 5.41) is -0.870. The third-order valence-electron chi connectivity index (χ3n) is 2.82. The van der Waals surface area contributed by atoms with Gasteiger partial charge in [-0.05, 0) is 36.4 Å². The van der Waals surface area contributed by atoms with E-state index < -0.39 is 31.8 Å². The molecule has 0 unspecified atom stereocenters. The quantitative estimate of drug-likeness (QED) is 0.413. The normalized spacial score (nSPS) is 11.7. The molecule has 0 bridgehead atoms. The summed E-state index contributed by atoms with van der Waals surface area (Å²) in [6, 6.07) is 5.45. The van der Waals surface area contributed by atoms with Crippen molar-refractivity contribution in [1.82, 2.24) is 0 Å². The molecule has 0 spiro atoms. The minimum absolute atomic E-state index is 0.0931. The lowest BCUT2D eigenvalue weighted by Crippen LogP contribution is -2.13. The zero-order valence-electron chi connectivity index (χ0n) is 11.8. The lowest BCUT2D eigenvalue weighted by atomic mass is 10.2. The van der Waals surface area contributed by atoms with Crippen molar-refractivity contribution in [3.63, 3.8) is 0 Å². The van der Waals surface area contributed by atoms with Gasteiger partial charge in [0.05, 0.1) is 21.3 Å². The van der Waals surface area contributed by atoms with Crippen LogP contribution < -0.4 is 4.18 Å². The van der Waals surface area contributed by atoms with Crippen molar-refractivity contribution < 1.29 is 30.6 Å². The lowest BCUT2D eigenvalue weighted by molar-refractivity contribution is -0.137. The van der Waals surface area contributed by atoms with Crippen molar-refractivity contribution in [1.29, 1.82) is 0 Å². The number of benzene rings is 2. The molecule has 2 aromatic rings. The first kappa shape index (κ1) is 19.3.